The van der Waals surface area contributed by atoms with E-state index in [-0.39, 0.29) is 18.6 Å². The lowest BCUT2D eigenvalue weighted by Gasteiger charge is -2.11. The van der Waals surface area contributed by atoms with Crippen molar-refractivity contribution in [2.45, 2.75) is 33.1 Å². The summed E-state index contributed by atoms with van der Waals surface area (Å²) in [6.07, 6.45) is 0.887. The number of carboxylic acid groups (broad SMARTS) is 1. The minimum atomic E-state index is -0.790. The number of carboxylic acids is 1. The van der Waals surface area contributed by atoms with Crippen LogP contribution in [0, 0.1) is 13.8 Å². The van der Waals surface area contributed by atoms with Crippen molar-refractivity contribution in [3.05, 3.63) is 101 Å². The average molecular weight is 463 g/mol. The molecule has 2 N–H and O–H groups in total. The van der Waals surface area contributed by atoms with Gasteiger partial charge in [-0.2, -0.15) is 0 Å². The highest BCUT2D eigenvalue weighted by atomic mass is 16.4. The molecule has 35 heavy (non-hydrogen) atoms. The molecular weight excluding hydrogens is 436 g/mol. The highest BCUT2D eigenvalue weighted by Gasteiger charge is 2.14. The van der Waals surface area contributed by atoms with Crippen LogP contribution in [0.4, 0.5) is 0 Å². The summed E-state index contributed by atoms with van der Waals surface area (Å²) >= 11 is 0. The fourth-order valence-corrected chi connectivity index (χ4v) is 4.78. The number of carbonyl (C=O) groups excluding carboxylic acids is 1. The van der Waals surface area contributed by atoms with Gasteiger partial charge in [0, 0.05) is 45.2 Å². The zero-order valence-electron chi connectivity index (χ0n) is 19.8. The molecule has 0 atom stereocenters. The number of hydrogen-bond donors (Lipinski definition) is 2. The molecule has 2 aromatic heterocycles. The minimum absolute atomic E-state index is 0.0287. The number of H-pyrrole nitrogens is 1. The third kappa shape index (κ3) is 4.71. The minimum Gasteiger partial charge on any atom is -0.481 e. The van der Waals surface area contributed by atoms with Crippen LogP contribution in [0.3, 0.4) is 0 Å². The third-order valence-corrected chi connectivity index (χ3v) is 6.43. The second-order valence-corrected chi connectivity index (χ2v) is 9.08. The van der Waals surface area contributed by atoms with E-state index in [1.807, 2.05) is 68.4 Å². The van der Waals surface area contributed by atoms with E-state index in [0.717, 1.165) is 55.4 Å². The first kappa shape index (κ1) is 22.5. The Hall–Kier alpha value is -4.25. The maximum Gasteiger partial charge on any atom is 0.303 e. The Bertz CT molecular complexity index is 1570. The lowest BCUT2D eigenvalue weighted by atomic mass is 9.95. The molecular formula is C30H26N2O3. The fraction of sp³-hybridized carbons (Fsp3) is 0.167. The zero-order chi connectivity index (χ0) is 24.5. The van der Waals surface area contributed by atoms with Crippen LogP contribution in [0.15, 0.2) is 72.8 Å². The quantitative estimate of drug-likeness (QED) is 0.273. The molecule has 5 rings (SSSR count). The second kappa shape index (κ2) is 9.18. The number of para-hydroxylation sites is 1. The molecule has 5 heteroatoms. The Kier molecular flexibility index (Phi) is 5.91. The number of pyridine rings is 1. The number of aryl methyl sites for hydroxylation is 3. The molecule has 0 aliphatic carbocycles. The van der Waals surface area contributed by atoms with Crippen molar-refractivity contribution in [3.8, 4) is 11.3 Å². The van der Waals surface area contributed by atoms with Crippen molar-refractivity contribution in [3.63, 3.8) is 0 Å². The Morgan fingerprint density at radius 3 is 2.40 bits per heavy atom. The predicted molar refractivity (Wildman–Crippen MR) is 139 cm³/mol. The van der Waals surface area contributed by atoms with E-state index in [9.17, 15) is 9.59 Å². The van der Waals surface area contributed by atoms with Gasteiger partial charge >= 0.3 is 5.97 Å². The summed E-state index contributed by atoms with van der Waals surface area (Å²) < 4.78 is 0. The highest BCUT2D eigenvalue weighted by molar-refractivity contribution is 6.01. The molecule has 0 amide bonds. The van der Waals surface area contributed by atoms with E-state index < -0.39 is 5.97 Å². The van der Waals surface area contributed by atoms with Gasteiger partial charge in [0.1, 0.15) is 0 Å². The maximum absolute atomic E-state index is 13.0. The van der Waals surface area contributed by atoms with Gasteiger partial charge in [0.25, 0.3) is 0 Å². The average Bonchev–Trinajstić information content (AvgIpc) is 3.25. The van der Waals surface area contributed by atoms with Crippen LogP contribution in [-0.2, 0) is 17.6 Å². The van der Waals surface area contributed by atoms with E-state index in [0.29, 0.717) is 12.0 Å². The number of aromatic nitrogens is 2. The van der Waals surface area contributed by atoms with Crippen LogP contribution in [0.1, 0.15) is 39.2 Å². The summed E-state index contributed by atoms with van der Waals surface area (Å²) in [5.41, 5.74) is 8.51. The smallest absolute Gasteiger partial charge is 0.303 e. The van der Waals surface area contributed by atoms with Gasteiger partial charge in [-0.15, -0.1) is 0 Å². The molecule has 3 aromatic carbocycles. The summed E-state index contributed by atoms with van der Waals surface area (Å²) in [6, 6.07) is 23.8. The van der Waals surface area contributed by atoms with Gasteiger partial charge < -0.3 is 10.1 Å². The summed E-state index contributed by atoms with van der Waals surface area (Å²) in [4.78, 5) is 32.1. The molecule has 0 fully saturated rings. The number of nitrogens with zero attached hydrogens (tertiary/aromatic N) is 1. The Morgan fingerprint density at radius 1 is 0.886 bits per heavy atom. The van der Waals surface area contributed by atoms with E-state index in [4.69, 9.17) is 5.11 Å². The van der Waals surface area contributed by atoms with Crippen molar-refractivity contribution < 1.29 is 14.7 Å². The number of rotatable bonds is 7. The van der Waals surface area contributed by atoms with Crippen LogP contribution in [-0.4, -0.2) is 26.8 Å². The van der Waals surface area contributed by atoms with Crippen LogP contribution < -0.4 is 0 Å². The van der Waals surface area contributed by atoms with Crippen molar-refractivity contribution >= 4 is 33.6 Å². The molecule has 0 spiro atoms. The highest BCUT2D eigenvalue weighted by Crippen LogP contribution is 2.31. The van der Waals surface area contributed by atoms with Crippen molar-refractivity contribution in [1.29, 1.82) is 0 Å². The predicted octanol–water partition coefficient (Wildman–Crippen LogP) is 6.44. The Balaban J connectivity index is 1.41. The molecule has 0 saturated carbocycles. The van der Waals surface area contributed by atoms with Gasteiger partial charge in [0.2, 0.25) is 0 Å². The molecule has 2 heterocycles. The van der Waals surface area contributed by atoms with Crippen LogP contribution in [0.25, 0.3) is 33.1 Å². The topological polar surface area (TPSA) is 83.0 Å². The number of benzene rings is 3. The van der Waals surface area contributed by atoms with E-state index in [1.165, 1.54) is 0 Å². The number of aliphatic carboxylic acids is 1. The first-order chi connectivity index (χ1) is 16.9. The Morgan fingerprint density at radius 2 is 1.63 bits per heavy atom. The zero-order valence-corrected chi connectivity index (χ0v) is 19.8. The first-order valence-corrected chi connectivity index (χ1v) is 11.7. The normalized spacial score (nSPS) is 11.3. The number of ketones is 1. The van der Waals surface area contributed by atoms with Gasteiger partial charge in [-0.25, -0.2) is 0 Å². The first-order valence-electron chi connectivity index (χ1n) is 11.7. The van der Waals surface area contributed by atoms with Gasteiger partial charge in [0.15, 0.2) is 5.78 Å². The Labute approximate surface area is 203 Å². The van der Waals surface area contributed by atoms with Gasteiger partial charge in [-0.3, -0.25) is 14.6 Å². The standard InChI is InChI=1S/C30H26N2O3/c1-18-13-20(7-12-29(34)35)14-19(2)30(18)27-15-22-8-9-23(16-26(22)32-27)28(33)17-24-11-10-21-5-3-4-6-25(21)31-24/h3-6,8-11,13-16,32H,7,12,17H2,1-2H3,(H,34,35). The molecule has 0 unspecified atom stereocenters. The number of aromatic amines is 1. The molecule has 0 saturated heterocycles. The lowest BCUT2D eigenvalue weighted by Crippen LogP contribution is -2.05. The molecule has 174 valence electrons. The number of Topliss-reactive ketones (excluding diaryl/α,β-unsaturated/α-hetero) is 1. The summed E-state index contributed by atoms with van der Waals surface area (Å²) in [6.45, 7) is 4.09. The fourth-order valence-electron chi connectivity index (χ4n) is 4.78. The van der Waals surface area contributed by atoms with Gasteiger partial charge in [0.05, 0.1) is 11.9 Å². The molecule has 5 aromatic rings. The van der Waals surface area contributed by atoms with Crippen LogP contribution in [0.2, 0.25) is 0 Å². The number of fused-ring (bicyclic) bond motifs is 2. The van der Waals surface area contributed by atoms with Crippen LogP contribution >= 0.6 is 0 Å². The van der Waals surface area contributed by atoms with E-state index >= 15 is 0 Å². The third-order valence-electron chi connectivity index (χ3n) is 6.43. The molecule has 0 radical (unpaired) electrons. The molecule has 5 nitrogen and oxygen atoms in total. The number of carbonyl (C=O) groups is 2. The summed E-state index contributed by atoms with van der Waals surface area (Å²) in [5.74, 6) is -0.761. The number of nitrogens with one attached hydrogen (secondary N) is 1. The van der Waals surface area contributed by atoms with Crippen molar-refractivity contribution in [2.24, 2.45) is 0 Å². The lowest BCUT2D eigenvalue weighted by molar-refractivity contribution is -0.136. The van der Waals surface area contributed by atoms with Crippen LogP contribution in [0.5, 0.6) is 0 Å². The molecule has 0 aliphatic rings. The SMILES string of the molecule is Cc1cc(CCC(=O)O)cc(C)c1-c1cc2ccc(C(=O)Cc3ccc4ccccc4n3)cc2[nH]1. The molecule has 0 bridgehead atoms. The van der Waals surface area contributed by atoms with Gasteiger partial charge in [-0.05, 0) is 61.2 Å². The maximum atomic E-state index is 13.0. The largest absolute Gasteiger partial charge is 0.481 e. The summed E-state index contributed by atoms with van der Waals surface area (Å²) in [5, 5.41) is 11.1. The van der Waals surface area contributed by atoms with Crippen molar-refractivity contribution in [2.75, 3.05) is 0 Å². The summed E-state index contributed by atoms with van der Waals surface area (Å²) in [7, 11) is 0. The second-order valence-electron chi connectivity index (χ2n) is 9.08. The van der Waals surface area contributed by atoms with E-state index in [1.54, 1.807) is 0 Å². The van der Waals surface area contributed by atoms with Crippen molar-refractivity contribution in [1.82, 2.24) is 9.97 Å². The monoisotopic (exact) mass is 462 g/mol. The van der Waals surface area contributed by atoms with Gasteiger partial charge in [-0.1, -0.05) is 48.5 Å². The van der Waals surface area contributed by atoms with E-state index in [2.05, 4.69) is 28.2 Å². The molecule has 0 aliphatic heterocycles. The number of hydrogen-bond acceptors (Lipinski definition) is 3.